The third kappa shape index (κ3) is 47.6. The van der Waals surface area contributed by atoms with Crippen LogP contribution in [0.4, 0.5) is 0 Å². The molecule has 0 aliphatic rings. The fraction of sp³-hybridized carbons (Fsp3) is 0.696. The summed E-state index contributed by atoms with van der Waals surface area (Å²) < 4.78 is 16.7. The lowest BCUT2D eigenvalue weighted by Crippen LogP contribution is -2.30. The molecular weight excluding hydrogens is 769 g/mol. The number of rotatable bonds is 45. The minimum atomic E-state index is -0.784. The largest absolute Gasteiger partial charge is 0.462 e. The van der Waals surface area contributed by atoms with Crippen LogP contribution in [0.2, 0.25) is 0 Å². The van der Waals surface area contributed by atoms with Gasteiger partial charge in [-0.15, -0.1) is 0 Å². The van der Waals surface area contributed by atoms with E-state index in [0.29, 0.717) is 19.3 Å². The molecule has 0 aromatic heterocycles. The van der Waals surface area contributed by atoms with Crippen molar-refractivity contribution in [1.82, 2.24) is 0 Å². The van der Waals surface area contributed by atoms with E-state index in [9.17, 15) is 14.4 Å². The molecule has 0 amide bonds. The van der Waals surface area contributed by atoms with Gasteiger partial charge in [-0.25, -0.2) is 0 Å². The molecule has 0 aliphatic heterocycles. The number of hydrogen-bond acceptors (Lipinski definition) is 6. The minimum Gasteiger partial charge on any atom is -0.462 e. The number of esters is 3. The van der Waals surface area contributed by atoms with Crippen molar-refractivity contribution in [2.75, 3.05) is 13.2 Å². The lowest BCUT2D eigenvalue weighted by molar-refractivity contribution is -0.167. The van der Waals surface area contributed by atoms with Crippen molar-refractivity contribution in [3.8, 4) is 0 Å². The average Bonchev–Trinajstić information content (AvgIpc) is 3.27. The molecule has 0 aromatic rings. The maximum absolute atomic E-state index is 12.7. The molecule has 62 heavy (non-hydrogen) atoms. The topological polar surface area (TPSA) is 78.9 Å². The van der Waals surface area contributed by atoms with Gasteiger partial charge in [0, 0.05) is 19.3 Å². The highest BCUT2D eigenvalue weighted by molar-refractivity contribution is 5.71. The monoisotopic (exact) mass is 863 g/mol. The second-order valence-electron chi connectivity index (χ2n) is 16.7. The fourth-order valence-electron chi connectivity index (χ4n) is 6.83. The first kappa shape index (κ1) is 58.6. The van der Waals surface area contributed by atoms with E-state index < -0.39 is 6.10 Å². The molecule has 0 N–H and O–H groups in total. The first-order valence-electron chi connectivity index (χ1n) is 25.6. The molecule has 0 spiro atoms. The molecule has 1 unspecified atom stereocenters. The highest BCUT2D eigenvalue weighted by atomic mass is 16.6. The van der Waals surface area contributed by atoms with Gasteiger partial charge in [0.25, 0.3) is 0 Å². The average molecular weight is 863 g/mol. The lowest BCUT2D eigenvalue weighted by atomic mass is 10.0. The summed E-state index contributed by atoms with van der Waals surface area (Å²) in [6, 6.07) is 0. The highest BCUT2D eigenvalue weighted by Crippen LogP contribution is 2.14. The van der Waals surface area contributed by atoms with Gasteiger partial charge in [0.15, 0.2) is 6.10 Å². The predicted octanol–water partition coefficient (Wildman–Crippen LogP) is 16.8. The third-order valence-corrected chi connectivity index (χ3v) is 10.7. The fourth-order valence-corrected chi connectivity index (χ4v) is 6.83. The first-order valence-corrected chi connectivity index (χ1v) is 25.6. The summed E-state index contributed by atoms with van der Waals surface area (Å²) in [5.74, 6) is -0.928. The van der Waals surface area contributed by atoms with Crippen molar-refractivity contribution in [2.45, 2.75) is 239 Å². The number of unbranched alkanes of at least 4 members (excludes halogenated alkanes) is 20. The van der Waals surface area contributed by atoms with Crippen LogP contribution in [0.15, 0.2) is 85.1 Å². The molecule has 1 atom stereocenters. The second-order valence-corrected chi connectivity index (χ2v) is 16.7. The highest BCUT2D eigenvalue weighted by Gasteiger charge is 2.19. The Kier molecular flexibility index (Phi) is 47.5. The summed E-state index contributed by atoms with van der Waals surface area (Å²) in [5.41, 5.74) is 0. The zero-order valence-electron chi connectivity index (χ0n) is 40.4. The van der Waals surface area contributed by atoms with Crippen LogP contribution >= 0.6 is 0 Å². The summed E-state index contributed by atoms with van der Waals surface area (Å²) in [6.45, 7) is 6.44. The molecular formula is C56H94O6. The van der Waals surface area contributed by atoms with E-state index in [2.05, 4.69) is 106 Å². The first-order chi connectivity index (χ1) is 30.5. The smallest absolute Gasteiger partial charge is 0.306 e. The van der Waals surface area contributed by atoms with Gasteiger partial charge in [0.1, 0.15) is 13.2 Å². The Bertz CT molecular complexity index is 1220. The SMILES string of the molecule is CC/C=C\C/C=C\C/C=C\C/C=C\C/C=C\C/C=C\C/C=C\CCCCCC(=O)OCC(COC(=O)CCCCCCCCC)OC(=O)CCCCCCCCCCCCCC. The Hall–Kier alpha value is -3.41. The zero-order chi connectivity index (χ0) is 45.1. The number of hydrogen-bond donors (Lipinski definition) is 0. The van der Waals surface area contributed by atoms with E-state index in [1.807, 2.05) is 0 Å². The van der Waals surface area contributed by atoms with E-state index in [1.54, 1.807) is 0 Å². The Labute approximate surface area is 382 Å². The Balaban J connectivity index is 4.28. The van der Waals surface area contributed by atoms with Gasteiger partial charge >= 0.3 is 17.9 Å². The molecule has 6 nitrogen and oxygen atoms in total. The second kappa shape index (κ2) is 50.2. The molecule has 0 fully saturated rings. The quantitative estimate of drug-likeness (QED) is 0.0263. The molecule has 0 saturated heterocycles. The van der Waals surface area contributed by atoms with Crippen molar-refractivity contribution in [1.29, 1.82) is 0 Å². The molecule has 354 valence electrons. The van der Waals surface area contributed by atoms with Crippen LogP contribution in [-0.4, -0.2) is 37.2 Å². The summed E-state index contributed by atoms with van der Waals surface area (Å²) in [4.78, 5) is 37.7. The number of allylic oxidation sites excluding steroid dienone is 14. The molecule has 0 aromatic carbocycles. The van der Waals surface area contributed by atoms with Crippen molar-refractivity contribution in [2.24, 2.45) is 0 Å². The van der Waals surface area contributed by atoms with Crippen LogP contribution in [-0.2, 0) is 28.6 Å². The van der Waals surface area contributed by atoms with Gasteiger partial charge in [-0.3, -0.25) is 14.4 Å². The van der Waals surface area contributed by atoms with E-state index >= 15 is 0 Å². The zero-order valence-corrected chi connectivity index (χ0v) is 40.4. The van der Waals surface area contributed by atoms with Crippen LogP contribution in [0.3, 0.4) is 0 Å². The lowest BCUT2D eigenvalue weighted by Gasteiger charge is -2.18. The molecule has 0 aliphatic carbocycles. The summed E-state index contributed by atoms with van der Waals surface area (Å²) >= 11 is 0. The third-order valence-electron chi connectivity index (χ3n) is 10.7. The Morgan fingerprint density at radius 3 is 0.984 bits per heavy atom. The van der Waals surface area contributed by atoms with Crippen molar-refractivity contribution >= 4 is 17.9 Å². The van der Waals surface area contributed by atoms with E-state index in [1.165, 1.54) is 83.5 Å². The van der Waals surface area contributed by atoms with Crippen LogP contribution in [0.5, 0.6) is 0 Å². The number of carbonyl (C=O) groups excluding carboxylic acids is 3. The van der Waals surface area contributed by atoms with E-state index in [0.717, 1.165) is 109 Å². The van der Waals surface area contributed by atoms with Crippen LogP contribution < -0.4 is 0 Å². The summed E-state index contributed by atoms with van der Waals surface area (Å²) in [7, 11) is 0. The van der Waals surface area contributed by atoms with Gasteiger partial charge in [-0.2, -0.15) is 0 Å². The van der Waals surface area contributed by atoms with Crippen LogP contribution in [0.25, 0.3) is 0 Å². The maximum Gasteiger partial charge on any atom is 0.306 e. The molecule has 0 bridgehead atoms. The molecule has 0 radical (unpaired) electrons. The summed E-state index contributed by atoms with van der Waals surface area (Å²) in [6.07, 6.45) is 64.4. The number of carbonyl (C=O) groups is 3. The predicted molar refractivity (Wildman–Crippen MR) is 265 cm³/mol. The van der Waals surface area contributed by atoms with E-state index in [-0.39, 0.29) is 31.1 Å². The maximum atomic E-state index is 12.7. The van der Waals surface area contributed by atoms with Gasteiger partial charge in [-0.05, 0) is 77.0 Å². The van der Waals surface area contributed by atoms with Gasteiger partial charge in [0.2, 0.25) is 0 Å². The summed E-state index contributed by atoms with van der Waals surface area (Å²) in [5, 5.41) is 0. The van der Waals surface area contributed by atoms with Crippen molar-refractivity contribution < 1.29 is 28.6 Å². The molecule has 6 heteroatoms. The normalized spacial score (nSPS) is 12.8. The van der Waals surface area contributed by atoms with Gasteiger partial charge in [-0.1, -0.05) is 221 Å². The van der Waals surface area contributed by atoms with Crippen LogP contribution in [0.1, 0.15) is 233 Å². The van der Waals surface area contributed by atoms with Crippen molar-refractivity contribution in [3.63, 3.8) is 0 Å². The Morgan fingerprint density at radius 1 is 0.339 bits per heavy atom. The number of ether oxygens (including phenoxy) is 3. The molecule has 0 rings (SSSR count). The van der Waals surface area contributed by atoms with E-state index in [4.69, 9.17) is 14.2 Å². The van der Waals surface area contributed by atoms with Crippen molar-refractivity contribution in [3.05, 3.63) is 85.1 Å². The van der Waals surface area contributed by atoms with Gasteiger partial charge < -0.3 is 14.2 Å². The standard InChI is InChI=1S/C56H94O6/c1-4-7-10-13-16-18-20-22-23-24-25-26-27-28-29-30-31-32-33-34-36-37-40-43-46-49-55(58)61-52-53(51-60-54(57)48-45-42-39-15-12-9-6-3)62-56(59)50-47-44-41-38-35-21-19-17-14-11-8-5-2/h7,10,16,18,22-23,25-26,28-29,31-32,34,36,53H,4-6,8-9,11-15,17,19-21,24,27,30,33,35,37-52H2,1-3H3/b10-7-,18-16-,23-22-,26-25-,29-28-,32-31-,36-34-. The molecule has 0 saturated carbocycles. The van der Waals surface area contributed by atoms with Gasteiger partial charge in [0.05, 0.1) is 0 Å². The Morgan fingerprint density at radius 2 is 0.629 bits per heavy atom. The molecule has 0 heterocycles. The van der Waals surface area contributed by atoms with Crippen LogP contribution in [0, 0.1) is 0 Å². The minimum absolute atomic E-state index is 0.0856.